The van der Waals surface area contributed by atoms with Gasteiger partial charge in [0.05, 0.1) is 11.9 Å². The van der Waals surface area contributed by atoms with Gasteiger partial charge in [-0.1, -0.05) is 25.0 Å². The lowest BCUT2D eigenvalue weighted by molar-refractivity contribution is 0.299. The number of nitrogens with zero attached hydrogens (tertiary/aromatic N) is 3. The van der Waals surface area contributed by atoms with Gasteiger partial charge in [0.1, 0.15) is 0 Å². The van der Waals surface area contributed by atoms with Crippen LogP contribution in [0.25, 0.3) is 0 Å². The largest absolute Gasteiger partial charge is 0.308 e. The molecule has 0 saturated heterocycles. The highest BCUT2D eigenvalue weighted by Crippen LogP contribution is 2.23. The summed E-state index contributed by atoms with van der Waals surface area (Å²) in [5.74, 6) is 0.876. The third-order valence-electron chi connectivity index (χ3n) is 3.32. The number of hydrogen-bond donors (Lipinski definition) is 1. The van der Waals surface area contributed by atoms with E-state index in [0.717, 1.165) is 18.2 Å². The number of aryl methyl sites for hydroxylation is 1. The van der Waals surface area contributed by atoms with Gasteiger partial charge in [0.25, 0.3) is 0 Å². The molecular weight excluding hydrogens is 188 g/mol. The molecule has 1 aromatic heterocycles. The van der Waals surface area contributed by atoms with E-state index in [9.17, 15) is 0 Å². The predicted octanol–water partition coefficient (Wildman–Crippen LogP) is 1.48. The molecule has 1 aliphatic rings. The fourth-order valence-corrected chi connectivity index (χ4v) is 2.34. The average molecular weight is 208 g/mol. The van der Waals surface area contributed by atoms with Gasteiger partial charge in [0, 0.05) is 19.6 Å². The molecule has 4 heteroatoms. The van der Waals surface area contributed by atoms with Crippen molar-refractivity contribution in [3.63, 3.8) is 0 Å². The Labute approximate surface area is 91.1 Å². The van der Waals surface area contributed by atoms with Gasteiger partial charge in [-0.25, -0.2) is 0 Å². The van der Waals surface area contributed by atoms with Crippen molar-refractivity contribution in [2.24, 2.45) is 13.0 Å². The molecule has 1 aliphatic carbocycles. The normalized spacial score (nSPS) is 26.8. The van der Waals surface area contributed by atoms with Gasteiger partial charge in [-0.3, -0.25) is 4.68 Å². The van der Waals surface area contributed by atoms with Crippen molar-refractivity contribution in [2.45, 2.75) is 45.2 Å². The molecule has 15 heavy (non-hydrogen) atoms. The molecule has 2 rings (SSSR count). The Morgan fingerprint density at radius 2 is 2.40 bits per heavy atom. The highest BCUT2D eigenvalue weighted by molar-refractivity contribution is 4.93. The Balaban J connectivity index is 1.80. The van der Waals surface area contributed by atoms with Gasteiger partial charge in [0.2, 0.25) is 0 Å². The van der Waals surface area contributed by atoms with Crippen molar-refractivity contribution in [1.82, 2.24) is 20.3 Å². The summed E-state index contributed by atoms with van der Waals surface area (Å²) < 4.78 is 1.83. The maximum Gasteiger partial charge on any atom is 0.0738 e. The van der Waals surface area contributed by atoms with Gasteiger partial charge in [-0.05, 0) is 18.8 Å². The summed E-state index contributed by atoms with van der Waals surface area (Å²) in [6, 6.07) is 0.684. The first-order valence-electron chi connectivity index (χ1n) is 5.82. The van der Waals surface area contributed by atoms with E-state index >= 15 is 0 Å². The standard InChI is InChI=1S/C11H20N4/c1-9-4-3-5-10(6-9)12-7-11-8-13-14-15(11)2/h8-10,12H,3-7H2,1-2H3. The molecule has 0 radical (unpaired) electrons. The van der Waals surface area contributed by atoms with Crippen molar-refractivity contribution >= 4 is 0 Å². The van der Waals surface area contributed by atoms with Crippen molar-refractivity contribution in [3.8, 4) is 0 Å². The Morgan fingerprint density at radius 1 is 1.53 bits per heavy atom. The third kappa shape index (κ3) is 2.78. The SMILES string of the molecule is CC1CCCC(NCc2cnnn2C)C1. The van der Waals surface area contributed by atoms with E-state index in [1.807, 2.05) is 17.9 Å². The van der Waals surface area contributed by atoms with Crippen LogP contribution in [0.5, 0.6) is 0 Å². The quantitative estimate of drug-likeness (QED) is 0.818. The molecule has 1 fully saturated rings. The van der Waals surface area contributed by atoms with E-state index < -0.39 is 0 Å². The van der Waals surface area contributed by atoms with E-state index in [2.05, 4.69) is 22.6 Å². The molecule has 1 heterocycles. The van der Waals surface area contributed by atoms with Gasteiger partial charge >= 0.3 is 0 Å². The minimum absolute atomic E-state index is 0.684. The number of aromatic nitrogens is 3. The molecule has 0 aromatic carbocycles. The van der Waals surface area contributed by atoms with Gasteiger partial charge < -0.3 is 5.32 Å². The third-order valence-corrected chi connectivity index (χ3v) is 3.32. The second-order valence-corrected chi connectivity index (χ2v) is 4.70. The first-order chi connectivity index (χ1) is 7.25. The molecular formula is C11H20N4. The molecule has 1 N–H and O–H groups in total. The van der Waals surface area contributed by atoms with E-state index in [1.165, 1.54) is 25.7 Å². The maximum absolute atomic E-state index is 3.92. The topological polar surface area (TPSA) is 42.7 Å². The summed E-state index contributed by atoms with van der Waals surface area (Å²) in [5.41, 5.74) is 1.16. The molecule has 2 unspecified atom stereocenters. The van der Waals surface area contributed by atoms with Crippen molar-refractivity contribution in [1.29, 1.82) is 0 Å². The van der Waals surface area contributed by atoms with E-state index in [-0.39, 0.29) is 0 Å². The number of nitrogens with one attached hydrogen (secondary N) is 1. The molecule has 0 bridgehead atoms. The van der Waals surface area contributed by atoms with Crippen LogP contribution in [0.2, 0.25) is 0 Å². The first kappa shape index (κ1) is 10.6. The second kappa shape index (κ2) is 4.75. The highest BCUT2D eigenvalue weighted by atomic mass is 15.4. The van der Waals surface area contributed by atoms with Crippen LogP contribution in [0.1, 0.15) is 38.3 Å². The van der Waals surface area contributed by atoms with Crippen molar-refractivity contribution in [2.75, 3.05) is 0 Å². The van der Waals surface area contributed by atoms with E-state index in [4.69, 9.17) is 0 Å². The number of rotatable bonds is 3. The van der Waals surface area contributed by atoms with Gasteiger partial charge in [0.15, 0.2) is 0 Å². The van der Waals surface area contributed by atoms with Crippen molar-refractivity contribution < 1.29 is 0 Å². The molecule has 0 spiro atoms. The Hall–Kier alpha value is -0.900. The van der Waals surface area contributed by atoms with E-state index in [1.54, 1.807) is 0 Å². The lowest BCUT2D eigenvalue weighted by Crippen LogP contribution is -2.33. The fourth-order valence-electron chi connectivity index (χ4n) is 2.34. The summed E-state index contributed by atoms with van der Waals surface area (Å²) in [6.45, 7) is 3.24. The van der Waals surface area contributed by atoms with Crippen LogP contribution in [0, 0.1) is 5.92 Å². The van der Waals surface area contributed by atoms with Crippen LogP contribution in [0.3, 0.4) is 0 Å². The average Bonchev–Trinajstić information content (AvgIpc) is 2.61. The van der Waals surface area contributed by atoms with E-state index in [0.29, 0.717) is 6.04 Å². The zero-order valence-electron chi connectivity index (χ0n) is 9.61. The summed E-state index contributed by atoms with van der Waals surface area (Å²) in [5, 5.41) is 11.4. The lowest BCUT2D eigenvalue weighted by atomic mass is 9.87. The van der Waals surface area contributed by atoms with Crippen LogP contribution < -0.4 is 5.32 Å². The Morgan fingerprint density at radius 3 is 3.07 bits per heavy atom. The van der Waals surface area contributed by atoms with Crippen LogP contribution in [-0.4, -0.2) is 21.0 Å². The summed E-state index contributed by atoms with van der Waals surface area (Å²) in [6.07, 6.45) is 7.22. The summed E-state index contributed by atoms with van der Waals surface area (Å²) in [4.78, 5) is 0. The highest BCUT2D eigenvalue weighted by Gasteiger charge is 2.18. The predicted molar refractivity (Wildman–Crippen MR) is 59.3 cm³/mol. The molecule has 84 valence electrons. The zero-order chi connectivity index (χ0) is 10.7. The van der Waals surface area contributed by atoms with Crippen LogP contribution in [0.4, 0.5) is 0 Å². The summed E-state index contributed by atoms with van der Waals surface area (Å²) >= 11 is 0. The fraction of sp³-hybridized carbons (Fsp3) is 0.818. The zero-order valence-corrected chi connectivity index (χ0v) is 9.61. The molecule has 1 saturated carbocycles. The van der Waals surface area contributed by atoms with Crippen molar-refractivity contribution in [3.05, 3.63) is 11.9 Å². The van der Waals surface area contributed by atoms with Crippen LogP contribution >= 0.6 is 0 Å². The molecule has 0 amide bonds. The van der Waals surface area contributed by atoms with Crippen LogP contribution in [0.15, 0.2) is 6.20 Å². The minimum atomic E-state index is 0.684. The minimum Gasteiger partial charge on any atom is -0.308 e. The second-order valence-electron chi connectivity index (χ2n) is 4.70. The first-order valence-corrected chi connectivity index (χ1v) is 5.82. The Bertz CT molecular complexity index is 307. The van der Waals surface area contributed by atoms with Gasteiger partial charge in [-0.15, -0.1) is 5.10 Å². The molecule has 2 atom stereocenters. The smallest absolute Gasteiger partial charge is 0.0738 e. The molecule has 4 nitrogen and oxygen atoms in total. The summed E-state index contributed by atoms with van der Waals surface area (Å²) in [7, 11) is 1.94. The lowest BCUT2D eigenvalue weighted by Gasteiger charge is -2.27. The van der Waals surface area contributed by atoms with Crippen LogP contribution in [-0.2, 0) is 13.6 Å². The molecule has 0 aliphatic heterocycles. The Kier molecular flexibility index (Phi) is 3.36. The molecule has 1 aromatic rings. The van der Waals surface area contributed by atoms with Gasteiger partial charge in [-0.2, -0.15) is 0 Å². The maximum atomic E-state index is 3.92. The monoisotopic (exact) mass is 208 g/mol. The number of hydrogen-bond acceptors (Lipinski definition) is 3.